The van der Waals surface area contributed by atoms with E-state index in [1.807, 2.05) is 15.9 Å². The van der Waals surface area contributed by atoms with E-state index in [-0.39, 0.29) is 17.9 Å². The van der Waals surface area contributed by atoms with Gasteiger partial charge in [-0.15, -0.1) is 11.8 Å². The summed E-state index contributed by atoms with van der Waals surface area (Å²) in [4.78, 5) is 28.9. The molecule has 5 nitrogen and oxygen atoms in total. The van der Waals surface area contributed by atoms with Crippen molar-refractivity contribution in [2.45, 2.75) is 32.2 Å². The van der Waals surface area contributed by atoms with Crippen molar-refractivity contribution in [3.05, 3.63) is 35.4 Å². The fourth-order valence-corrected chi connectivity index (χ4v) is 4.37. The van der Waals surface area contributed by atoms with E-state index in [4.69, 9.17) is 0 Å². The minimum absolute atomic E-state index is 0.0476. The Kier molecular flexibility index (Phi) is 6.37. The summed E-state index contributed by atoms with van der Waals surface area (Å²) in [6.45, 7) is 4.88. The second-order valence-corrected chi connectivity index (χ2v) is 7.85. The second kappa shape index (κ2) is 8.72. The number of benzene rings is 1. The van der Waals surface area contributed by atoms with Crippen LogP contribution in [-0.2, 0) is 16.0 Å². The molecule has 1 aromatic rings. The van der Waals surface area contributed by atoms with E-state index in [0.29, 0.717) is 19.5 Å². The fraction of sp³-hybridized carbons (Fsp3) is 0.579. The lowest BCUT2D eigenvalue weighted by Gasteiger charge is -2.24. The third-order valence-electron chi connectivity index (χ3n) is 4.88. The number of hydrogen-bond acceptors (Lipinski definition) is 4. The van der Waals surface area contributed by atoms with Crippen LogP contribution < -0.4 is 5.32 Å². The van der Waals surface area contributed by atoms with Gasteiger partial charge in [-0.05, 0) is 25.3 Å². The molecule has 0 aromatic heterocycles. The minimum atomic E-state index is -0.0476. The van der Waals surface area contributed by atoms with Crippen molar-refractivity contribution in [2.24, 2.45) is 0 Å². The molecular weight excluding hydrogens is 334 g/mol. The molecule has 2 amide bonds. The molecule has 0 saturated carbocycles. The first-order valence-corrected chi connectivity index (χ1v) is 10.2. The number of nitrogens with zero attached hydrogens (tertiary/aromatic N) is 2. The summed E-state index contributed by atoms with van der Waals surface area (Å²) in [6, 6.07) is 8.29. The number of amides is 2. The highest BCUT2D eigenvalue weighted by atomic mass is 32.2. The third kappa shape index (κ3) is 4.98. The Labute approximate surface area is 154 Å². The van der Waals surface area contributed by atoms with Gasteiger partial charge in [0.2, 0.25) is 11.8 Å². The number of rotatable bonds is 4. The van der Waals surface area contributed by atoms with E-state index in [2.05, 4.69) is 30.4 Å². The van der Waals surface area contributed by atoms with Crippen LogP contribution in [0.15, 0.2) is 24.3 Å². The normalized spacial score (nSPS) is 21.2. The molecule has 1 N–H and O–H groups in total. The predicted molar refractivity (Wildman–Crippen MR) is 102 cm³/mol. The zero-order chi connectivity index (χ0) is 17.6. The van der Waals surface area contributed by atoms with Gasteiger partial charge >= 0.3 is 0 Å². The van der Waals surface area contributed by atoms with Crippen LogP contribution in [-0.4, -0.2) is 65.5 Å². The summed E-state index contributed by atoms with van der Waals surface area (Å²) in [5.74, 6) is 2.10. The van der Waals surface area contributed by atoms with Gasteiger partial charge in [0, 0.05) is 44.2 Å². The molecule has 0 bridgehead atoms. The minimum Gasteiger partial charge on any atom is -0.341 e. The summed E-state index contributed by atoms with van der Waals surface area (Å²) < 4.78 is 0. The number of aryl methyl sites for hydroxylation is 2. The van der Waals surface area contributed by atoms with Gasteiger partial charge < -0.3 is 9.80 Å². The van der Waals surface area contributed by atoms with Crippen molar-refractivity contribution < 1.29 is 9.59 Å². The Bertz CT molecular complexity index is 616. The van der Waals surface area contributed by atoms with E-state index in [9.17, 15) is 9.59 Å². The topological polar surface area (TPSA) is 52.7 Å². The van der Waals surface area contributed by atoms with Gasteiger partial charge in [-0.25, -0.2) is 0 Å². The molecule has 0 aliphatic carbocycles. The monoisotopic (exact) mass is 361 g/mol. The largest absolute Gasteiger partial charge is 0.341 e. The molecule has 2 fully saturated rings. The molecule has 2 saturated heterocycles. The zero-order valence-electron chi connectivity index (χ0n) is 14.9. The van der Waals surface area contributed by atoms with Crippen molar-refractivity contribution in [3.8, 4) is 0 Å². The summed E-state index contributed by atoms with van der Waals surface area (Å²) in [7, 11) is 0. The maximum atomic E-state index is 12.5. The molecule has 3 rings (SSSR count). The summed E-state index contributed by atoms with van der Waals surface area (Å²) >= 11 is 1.77. The number of carbonyl (C=O) groups is 2. The molecule has 6 heteroatoms. The van der Waals surface area contributed by atoms with Crippen LogP contribution in [0.25, 0.3) is 0 Å². The Morgan fingerprint density at radius 1 is 1.20 bits per heavy atom. The van der Waals surface area contributed by atoms with Gasteiger partial charge in [0.15, 0.2) is 0 Å². The molecule has 1 aromatic carbocycles. The molecule has 0 spiro atoms. The molecule has 0 radical (unpaired) electrons. The first-order valence-electron chi connectivity index (χ1n) is 9.07. The lowest BCUT2D eigenvalue weighted by molar-refractivity contribution is -0.134. The van der Waals surface area contributed by atoms with E-state index in [0.717, 1.165) is 37.6 Å². The lowest BCUT2D eigenvalue weighted by Crippen LogP contribution is -2.46. The maximum absolute atomic E-state index is 12.5. The predicted octanol–water partition coefficient (Wildman–Crippen LogP) is 1.65. The molecule has 1 unspecified atom stereocenters. The Morgan fingerprint density at radius 3 is 2.76 bits per heavy atom. The van der Waals surface area contributed by atoms with E-state index >= 15 is 0 Å². The van der Waals surface area contributed by atoms with Crippen molar-refractivity contribution >= 4 is 23.6 Å². The van der Waals surface area contributed by atoms with Gasteiger partial charge in [-0.3, -0.25) is 14.9 Å². The van der Waals surface area contributed by atoms with E-state index in [1.54, 1.807) is 11.8 Å². The van der Waals surface area contributed by atoms with Crippen molar-refractivity contribution in [2.75, 3.05) is 37.8 Å². The van der Waals surface area contributed by atoms with E-state index in [1.165, 1.54) is 11.1 Å². The van der Waals surface area contributed by atoms with Crippen molar-refractivity contribution in [3.63, 3.8) is 0 Å². The second-order valence-electron chi connectivity index (χ2n) is 6.82. The van der Waals surface area contributed by atoms with Gasteiger partial charge in [-0.1, -0.05) is 29.8 Å². The van der Waals surface area contributed by atoms with Crippen LogP contribution in [0.2, 0.25) is 0 Å². The molecule has 2 aliphatic heterocycles. The fourth-order valence-electron chi connectivity index (χ4n) is 3.44. The maximum Gasteiger partial charge on any atom is 0.240 e. The zero-order valence-corrected chi connectivity index (χ0v) is 15.7. The van der Waals surface area contributed by atoms with Crippen molar-refractivity contribution in [1.29, 1.82) is 0 Å². The first kappa shape index (κ1) is 18.3. The smallest absolute Gasteiger partial charge is 0.240 e. The van der Waals surface area contributed by atoms with Crippen LogP contribution in [0.3, 0.4) is 0 Å². The van der Waals surface area contributed by atoms with Crippen LogP contribution in [0.4, 0.5) is 0 Å². The average molecular weight is 362 g/mol. The van der Waals surface area contributed by atoms with Gasteiger partial charge in [0.1, 0.15) is 0 Å². The molecule has 2 aliphatic rings. The van der Waals surface area contributed by atoms with Gasteiger partial charge in [-0.2, -0.15) is 0 Å². The average Bonchev–Trinajstić information content (AvgIpc) is 3.03. The van der Waals surface area contributed by atoms with Crippen LogP contribution in [0.1, 0.15) is 24.0 Å². The van der Waals surface area contributed by atoms with Crippen molar-refractivity contribution in [1.82, 2.24) is 15.1 Å². The van der Waals surface area contributed by atoms with Gasteiger partial charge in [0.05, 0.1) is 6.04 Å². The number of hydrogen-bond donors (Lipinski definition) is 1. The van der Waals surface area contributed by atoms with Crippen LogP contribution in [0, 0.1) is 6.92 Å². The summed E-state index contributed by atoms with van der Waals surface area (Å²) in [6.07, 6.45) is 2.18. The standard InChI is InChI=1S/C19H27N3O2S/c1-15-4-2-5-16(12-15)6-7-18(23)21-8-3-9-22(11-10-21)19(24)17-13-25-14-20-17/h2,4-5,12,17,20H,3,6-11,13-14H2,1H3. The number of thioether (sulfide) groups is 1. The molecule has 1 atom stereocenters. The summed E-state index contributed by atoms with van der Waals surface area (Å²) in [5, 5.41) is 3.24. The Morgan fingerprint density at radius 2 is 2.00 bits per heavy atom. The number of carbonyl (C=O) groups excluding carboxylic acids is 2. The van der Waals surface area contributed by atoms with Gasteiger partial charge in [0.25, 0.3) is 0 Å². The van der Waals surface area contributed by atoms with Crippen LogP contribution >= 0.6 is 11.8 Å². The molecule has 2 heterocycles. The highest BCUT2D eigenvalue weighted by molar-refractivity contribution is 7.99. The first-order chi connectivity index (χ1) is 12.1. The summed E-state index contributed by atoms with van der Waals surface area (Å²) in [5.41, 5.74) is 2.44. The highest BCUT2D eigenvalue weighted by Crippen LogP contribution is 2.14. The lowest BCUT2D eigenvalue weighted by atomic mass is 10.1. The SMILES string of the molecule is Cc1cccc(CCC(=O)N2CCCN(C(=O)C3CSCN3)CC2)c1. The highest BCUT2D eigenvalue weighted by Gasteiger charge is 2.29. The third-order valence-corrected chi connectivity index (χ3v) is 5.82. The molecule has 136 valence electrons. The Hall–Kier alpha value is -1.53. The molecular formula is C19H27N3O2S. The number of nitrogens with one attached hydrogen (secondary N) is 1. The quantitative estimate of drug-likeness (QED) is 0.886. The molecule has 25 heavy (non-hydrogen) atoms. The van der Waals surface area contributed by atoms with E-state index < -0.39 is 0 Å². The Balaban J connectivity index is 1.48. The van der Waals surface area contributed by atoms with Crippen LogP contribution in [0.5, 0.6) is 0 Å².